The number of carbonyl (C=O) groups excluding carboxylic acids is 2. The van der Waals surface area contributed by atoms with E-state index in [0.717, 1.165) is 4.31 Å². The van der Waals surface area contributed by atoms with Crippen LogP contribution < -0.4 is 9.62 Å². The number of hydrogen-bond donors (Lipinski definition) is 1. The van der Waals surface area contributed by atoms with E-state index in [1.165, 1.54) is 41.3 Å². The fourth-order valence-electron chi connectivity index (χ4n) is 3.80. The Morgan fingerprint density at radius 2 is 1.48 bits per heavy atom. The Balaban J connectivity index is 2.09. The van der Waals surface area contributed by atoms with Gasteiger partial charge in [-0.15, -0.1) is 0 Å². The van der Waals surface area contributed by atoms with Crippen molar-refractivity contribution in [1.29, 1.82) is 0 Å². The number of sulfonamides is 1. The molecule has 0 bridgehead atoms. The number of nitrogens with one attached hydrogen (secondary N) is 1. The first-order valence-electron chi connectivity index (χ1n) is 12.2. The number of anilines is 1. The second kappa shape index (κ2) is 13.0. The molecule has 0 aliphatic heterocycles. The lowest BCUT2D eigenvalue weighted by Gasteiger charge is -2.34. The molecule has 40 heavy (non-hydrogen) atoms. The molecule has 0 saturated heterocycles. The third-order valence-corrected chi connectivity index (χ3v) is 8.72. The van der Waals surface area contributed by atoms with Crippen molar-refractivity contribution in [3.63, 3.8) is 0 Å². The predicted octanol–water partition coefficient (Wildman–Crippen LogP) is 6.83. The van der Waals surface area contributed by atoms with Crippen LogP contribution in [0.1, 0.15) is 33.3 Å². The second-order valence-electron chi connectivity index (χ2n) is 10.1. The van der Waals surface area contributed by atoms with Crippen molar-refractivity contribution in [3.8, 4) is 0 Å². The Hall–Kier alpha value is -2.49. The van der Waals surface area contributed by atoms with Gasteiger partial charge in [0.2, 0.25) is 11.8 Å². The van der Waals surface area contributed by atoms with Gasteiger partial charge in [-0.2, -0.15) is 0 Å². The van der Waals surface area contributed by atoms with Crippen molar-refractivity contribution in [2.75, 3.05) is 10.8 Å². The number of carbonyl (C=O) groups is 2. The van der Waals surface area contributed by atoms with E-state index in [-0.39, 0.29) is 27.2 Å². The molecule has 0 saturated carbocycles. The molecular formula is C28H29Cl4N3O4S. The van der Waals surface area contributed by atoms with Gasteiger partial charge in [0, 0.05) is 27.2 Å². The zero-order valence-corrected chi connectivity index (χ0v) is 26.1. The van der Waals surface area contributed by atoms with Crippen LogP contribution in [0.4, 0.5) is 5.69 Å². The summed E-state index contributed by atoms with van der Waals surface area (Å²) in [4.78, 5) is 28.4. The minimum absolute atomic E-state index is 0.0163. The van der Waals surface area contributed by atoms with E-state index in [2.05, 4.69) is 5.32 Å². The van der Waals surface area contributed by atoms with Crippen molar-refractivity contribution in [2.24, 2.45) is 0 Å². The molecule has 12 heteroatoms. The van der Waals surface area contributed by atoms with Crippen LogP contribution in [0.3, 0.4) is 0 Å². The third kappa shape index (κ3) is 8.04. The number of nitrogens with zero attached hydrogens (tertiary/aromatic N) is 2. The number of benzene rings is 3. The summed E-state index contributed by atoms with van der Waals surface area (Å²) in [6, 6.07) is 15.8. The highest BCUT2D eigenvalue weighted by Gasteiger charge is 2.34. The Morgan fingerprint density at radius 1 is 0.875 bits per heavy atom. The van der Waals surface area contributed by atoms with E-state index in [1.807, 2.05) is 20.8 Å². The summed E-state index contributed by atoms with van der Waals surface area (Å²) >= 11 is 25.1. The van der Waals surface area contributed by atoms with Crippen LogP contribution in [0.2, 0.25) is 20.1 Å². The molecule has 214 valence electrons. The zero-order chi connectivity index (χ0) is 29.8. The molecule has 1 N–H and O–H groups in total. The van der Waals surface area contributed by atoms with Crippen molar-refractivity contribution in [3.05, 3.63) is 92.4 Å². The maximum Gasteiger partial charge on any atom is 0.264 e. The van der Waals surface area contributed by atoms with Crippen LogP contribution in [-0.4, -0.2) is 43.3 Å². The number of amides is 2. The summed E-state index contributed by atoms with van der Waals surface area (Å²) in [5.74, 6) is -1.10. The highest BCUT2D eigenvalue weighted by molar-refractivity contribution is 7.92. The fraction of sp³-hybridized carbons (Fsp3) is 0.286. The normalized spacial score (nSPS) is 12.5. The Bertz CT molecular complexity index is 1500. The van der Waals surface area contributed by atoms with Gasteiger partial charge in [0.05, 0.1) is 15.6 Å². The van der Waals surface area contributed by atoms with Crippen LogP contribution in [0, 0.1) is 0 Å². The lowest BCUT2D eigenvalue weighted by molar-refractivity contribution is -0.140. The Kier molecular flexibility index (Phi) is 10.4. The fourth-order valence-corrected chi connectivity index (χ4v) is 6.15. The first-order valence-corrected chi connectivity index (χ1v) is 15.1. The van der Waals surface area contributed by atoms with Gasteiger partial charge in [0.1, 0.15) is 12.6 Å². The van der Waals surface area contributed by atoms with E-state index in [0.29, 0.717) is 15.6 Å². The smallest absolute Gasteiger partial charge is 0.264 e. The van der Waals surface area contributed by atoms with E-state index in [9.17, 15) is 18.0 Å². The third-order valence-electron chi connectivity index (χ3n) is 5.81. The maximum atomic E-state index is 14.0. The monoisotopic (exact) mass is 643 g/mol. The summed E-state index contributed by atoms with van der Waals surface area (Å²) in [5, 5.41) is 3.86. The highest BCUT2D eigenvalue weighted by atomic mass is 35.5. The lowest BCUT2D eigenvalue weighted by Crippen LogP contribution is -2.54. The van der Waals surface area contributed by atoms with Crippen LogP contribution >= 0.6 is 46.4 Å². The van der Waals surface area contributed by atoms with Gasteiger partial charge in [0.15, 0.2) is 0 Å². The molecule has 0 heterocycles. The van der Waals surface area contributed by atoms with Gasteiger partial charge in [-0.25, -0.2) is 8.42 Å². The molecule has 0 spiro atoms. The van der Waals surface area contributed by atoms with Crippen LogP contribution in [-0.2, 0) is 26.2 Å². The van der Waals surface area contributed by atoms with Crippen molar-refractivity contribution >= 4 is 73.9 Å². The molecule has 0 radical (unpaired) electrons. The van der Waals surface area contributed by atoms with Gasteiger partial charge in [-0.1, -0.05) is 70.7 Å². The zero-order valence-electron chi connectivity index (χ0n) is 22.3. The van der Waals surface area contributed by atoms with Gasteiger partial charge >= 0.3 is 0 Å². The van der Waals surface area contributed by atoms with Crippen molar-refractivity contribution in [2.45, 2.75) is 50.7 Å². The van der Waals surface area contributed by atoms with E-state index in [4.69, 9.17) is 46.4 Å². The minimum Gasteiger partial charge on any atom is -0.350 e. The van der Waals surface area contributed by atoms with E-state index in [1.54, 1.807) is 37.3 Å². The van der Waals surface area contributed by atoms with Crippen LogP contribution in [0.25, 0.3) is 0 Å². The maximum absolute atomic E-state index is 14.0. The molecule has 2 amide bonds. The van der Waals surface area contributed by atoms with Crippen molar-refractivity contribution in [1.82, 2.24) is 10.2 Å². The summed E-state index contributed by atoms with van der Waals surface area (Å²) < 4.78 is 28.6. The molecule has 3 rings (SSSR count). The molecule has 1 atom stereocenters. The number of rotatable bonds is 9. The average Bonchev–Trinajstić information content (AvgIpc) is 2.87. The van der Waals surface area contributed by atoms with Gasteiger partial charge in [-0.3, -0.25) is 13.9 Å². The number of hydrogen-bond acceptors (Lipinski definition) is 4. The summed E-state index contributed by atoms with van der Waals surface area (Å²) in [7, 11) is -4.28. The molecular weight excluding hydrogens is 616 g/mol. The largest absolute Gasteiger partial charge is 0.350 e. The predicted molar refractivity (Wildman–Crippen MR) is 162 cm³/mol. The van der Waals surface area contributed by atoms with E-state index < -0.39 is 40.0 Å². The number of halogens is 4. The molecule has 0 aliphatic rings. The first kappa shape index (κ1) is 32.0. The summed E-state index contributed by atoms with van der Waals surface area (Å²) in [6.07, 6.45) is 0. The minimum atomic E-state index is -4.28. The molecule has 3 aromatic rings. The average molecular weight is 645 g/mol. The van der Waals surface area contributed by atoms with Gasteiger partial charge in [0.25, 0.3) is 10.0 Å². The summed E-state index contributed by atoms with van der Waals surface area (Å²) in [5.41, 5.74) is -0.0367. The molecule has 0 aliphatic carbocycles. The second-order valence-corrected chi connectivity index (χ2v) is 13.6. The van der Waals surface area contributed by atoms with Gasteiger partial charge < -0.3 is 10.2 Å². The molecule has 0 fully saturated rings. The SMILES string of the molecule is C[C@H](C(=O)NC(C)(C)C)N(Cc1ccc(Cl)cc1Cl)C(=O)CN(c1cc(Cl)ccc1Cl)S(=O)(=O)c1ccccc1. The molecule has 0 unspecified atom stereocenters. The molecule has 7 nitrogen and oxygen atoms in total. The van der Waals surface area contributed by atoms with E-state index >= 15 is 0 Å². The van der Waals surface area contributed by atoms with Gasteiger partial charge in [-0.05, 0) is 75.7 Å². The van der Waals surface area contributed by atoms with Crippen LogP contribution in [0.5, 0.6) is 0 Å². The quantitative estimate of drug-likeness (QED) is 0.277. The summed E-state index contributed by atoms with van der Waals surface area (Å²) in [6.45, 7) is 6.25. The standard InChI is InChI=1S/C28H29Cl4N3O4S/c1-18(27(37)33-28(2,3)4)34(16-19-10-11-20(29)14-24(19)32)26(36)17-35(25-15-21(30)12-13-23(25)31)40(38,39)22-8-6-5-7-9-22/h5-15,18H,16-17H2,1-4H3,(H,33,37)/t18-/m1/s1. The first-order chi connectivity index (χ1) is 18.6. The molecule has 0 aromatic heterocycles. The lowest BCUT2D eigenvalue weighted by atomic mass is 10.1. The topological polar surface area (TPSA) is 86.8 Å². The Morgan fingerprint density at radius 3 is 2.08 bits per heavy atom. The molecule has 3 aromatic carbocycles. The Labute approximate surface area is 255 Å². The van der Waals surface area contributed by atoms with Crippen LogP contribution in [0.15, 0.2) is 71.6 Å². The highest BCUT2D eigenvalue weighted by Crippen LogP contribution is 2.33. The van der Waals surface area contributed by atoms with Crippen molar-refractivity contribution < 1.29 is 18.0 Å².